The molecular formula is C11H17BrS. The maximum atomic E-state index is 2.94. The summed E-state index contributed by atoms with van der Waals surface area (Å²) >= 11 is 4.87. The predicted octanol–water partition coefficient (Wildman–Crippen LogP) is 4.45. The van der Waals surface area contributed by atoms with Crippen LogP contribution in [0.15, 0.2) is 35.2 Å². The Bertz CT molecular complexity index is 197. The first-order valence-electron chi connectivity index (χ1n) is 4.34. The first-order chi connectivity index (χ1) is 6.29. The molecule has 1 aromatic rings. The van der Waals surface area contributed by atoms with E-state index >= 15 is 0 Å². The van der Waals surface area contributed by atoms with Gasteiger partial charge < -0.3 is 0 Å². The molecule has 0 bridgehead atoms. The Morgan fingerprint density at radius 2 is 1.69 bits per heavy atom. The fraction of sp³-hybridized carbons (Fsp3) is 0.455. The number of hydrogen-bond acceptors (Lipinski definition) is 1. The molecule has 1 aromatic carbocycles. The largest absolute Gasteiger partial charge is 0.126 e. The third-order valence-electron chi connectivity index (χ3n) is 1.33. The van der Waals surface area contributed by atoms with E-state index in [0.29, 0.717) is 0 Å². The van der Waals surface area contributed by atoms with E-state index in [1.54, 1.807) is 0 Å². The van der Waals surface area contributed by atoms with E-state index < -0.39 is 0 Å². The number of thioether (sulfide) groups is 1. The summed E-state index contributed by atoms with van der Waals surface area (Å²) in [7, 11) is 0. The van der Waals surface area contributed by atoms with Gasteiger partial charge in [-0.2, -0.15) is 0 Å². The molecule has 2 heteroatoms. The zero-order valence-corrected chi connectivity index (χ0v) is 10.9. The van der Waals surface area contributed by atoms with Crippen molar-refractivity contribution in [2.45, 2.75) is 18.7 Å². The van der Waals surface area contributed by atoms with Gasteiger partial charge in [0.1, 0.15) is 0 Å². The van der Waals surface area contributed by atoms with Gasteiger partial charge in [-0.25, -0.2) is 0 Å². The quantitative estimate of drug-likeness (QED) is 0.572. The second-order valence-electron chi connectivity index (χ2n) is 3.02. The standard InChI is InChI=1S/C10H14S.CH3Br/c1-9(2)8-11-10-6-4-3-5-7-10;1-2/h3-7,9H,8H2,1-2H3;1H3. The lowest BCUT2D eigenvalue weighted by atomic mass is 10.3. The summed E-state index contributed by atoms with van der Waals surface area (Å²) < 4.78 is 0. The summed E-state index contributed by atoms with van der Waals surface area (Å²) in [5, 5.41) is 0. The Kier molecular flexibility index (Phi) is 8.67. The van der Waals surface area contributed by atoms with Crippen LogP contribution in [0.2, 0.25) is 0 Å². The average molecular weight is 261 g/mol. The SMILES string of the molecule is CBr.CC(C)CSc1ccccc1. The lowest BCUT2D eigenvalue weighted by Crippen LogP contribution is -1.89. The third-order valence-corrected chi connectivity index (χ3v) is 2.77. The van der Waals surface area contributed by atoms with Crippen molar-refractivity contribution in [1.29, 1.82) is 0 Å². The van der Waals surface area contributed by atoms with Gasteiger partial charge in [0.05, 0.1) is 0 Å². The summed E-state index contributed by atoms with van der Waals surface area (Å²) in [5.74, 6) is 3.80. The Labute approximate surface area is 94.3 Å². The average Bonchev–Trinajstić information content (AvgIpc) is 2.19. The maximum Gasteiger partial charge on any atom is 0.00720 e. The van der Waals surface area contributed by atoms with Crippen LogP contribution < -0.4 is 0 Å². The van der Waals surface area contributed by atoms with Crippen LogP contribution in [0.4, 0.5) is 0 Å². The second-order valence-corrected chi connectivity index (χ2v) is 4.11. The molecule has 0 aromatic heterocycles. The molecule has 0 saturated heterocycles. The van der Waals surface area contributed by atoms with Crippen LogP contribution in [0.5, 0.6) is 0 Å². The summed E-state index contributed by atoms with van der Waals surface area (Å²) in [5.41, 5.74) is 0. The highest BCUT2D eigenvalue weighted by atomic mass is 79.9. The normalized spacial score (nSPS) is 9.31. The monoisotopic (exact) mass is 260 g/mol. The molecule has 0 aliphatic heterocycles. The molecule has 1 rings (SSSR count). The van der Waals surface area contributed by atoms with E-state index in [1.165, 1.54) is 10.6 Å². The molecule has 13 heavy (non-hydrogen) atoms. The van der Waals surface area contributed by atoms with Crippen molar-refractivity contribution < 1.29 is 0 Å². The van der Waals surface area contributed by atoms with Gasteiger partial charge in [0, 0.05) is 10.6 Å². The molecule has 0 aliphatic rings. The zero-order chi connectivity index (χ0) is 10.1. The van der Waals surface area contributed by atoms with Gasteiger partial charge in [-0.15, -0.1) is 11.8 Å². The first kappa shape index (κ1) is 13.1. The van der Waals surface area contributed by atoms with Crippen molar-refractivity contribution in [1.82, 2.24) is 0 Å². The molecule has 0 unspecified atom stereocenters. The summed E-state index contributed by atoms with van der Waals surface area (Å²) in [6.45, 7) is 4.49. The van der Waals surface area contributed by atoms with Crippen LogP contribution in [0, 0.1) is 5.92 Å². The van der Waals surface area contributed by atoms with E-state index in [4.69, 9.17) is 0 Å². The van der Waals surface area contributed by atoms with Gasteiger partial charge in [-0.05, 0) is 23.9 Å². The fourth-order valence-electron chi connectivity index (χ4n) is 0.780. The third kappa shape index (κ3) is 7.15. The minimum Gasteiger partial charge on any atom is -0.126 e. The molecule has 0 saturated carbocycles. The fourth-order valence-corrected chi connectivity index (χ4v) is 1.65. The van der Waals surface area contributed by atoms with Crippen LogP contribution in [0.1, 0.15) is 13.8 Å². The molecule has 0 spiro atoms. The van der Waals surface area contributed by atoms with E-state index in [2.05, 4.69) is 60.1 Å². The molecule has 0 heterocycles. The van der Waals surface area contributed by atoms with E-state index in [9.17, 15) is 0 Å². The van der Waals surface area contributed by atoms with E-state index in [1.807, 2.05) is 17.6 Å². The Balaban J connectivity index is 0.000000671. The van der Waals surface area contributed by atoms with Crippen LogP contribution in [0.25, 0.3) is 0 Å². The number of halogens is 1. The minimum absolute atomic E-state index is 0.778. The lowest BCUT2D eigenvalue weighted by molar-refractivity contribution is 0.750. The molecule has 74 valence electrons. The highest BCUT2D eigenvalue weighted by molar-refractivity contribution is 9.08. The van der Waals surface area contributed by atoms with Crippen molar-refractivity contribution in [3.05, 3.63) is 30.3 Å². The molecule has 0 nitrogen and oxygen atoms in total. The van der Waals surface area contributed by atoms with Gasteiger partial charge in [-0.3, -0.25) is 0 Å². The van der Waals surface area contributed by atoms with Crippen molar-refractivity contribution >= 4 is 27.7 Å². The van der Waals surface area contributed by atoms with Crippen molar-refractivity contribution in [2.24, 2.45) is 5.92 Å². The van der Waals surface area contributed by atoms with Crippen molar-refractivity contribution in [2.75, 3.05) is 11.6 Å². The second kappa shape index (κ2) is 8.64. The van der Waals surface area contributed by atoms with Crippen molar-refractivity contribution in [3.8, 4) is 0 Å². The number of benzene rings is 1. The molecule has 0 fully saturated rings. The minimum atomic E-state index is 0.778. The van der Waals surface area contributed by atoms with E-state index in [-0.39, 0.29) is 0 Å². The zero-order valence-electron chi connectivity index (χ0n) is 8.46. The van der Waals surface area contributed by atoms with Crippen molar-refractivity contribution in [3.63, 3.8) is 0 Å². The Hall–Kier alpha value is 0.0500. The summed E-state index contributed by atoms with van der Waals surface area (Å²) in [4.78, 5) is 1.38. The number of alkyl halides is 1. The summed E-state index contributed by atoms with van der Waals surface area (Å²) in [6, 6.07) is 10.5. The van der Waals surface area contributed by atoms with Gasteiger partial charge >= 0.3 is 0 Å². The van der Waals surface area contributed by atoms with Gasteiger partial charge in [-0.1, -0.05) is 48.0 Å². The molecule has 0 N–H and O–H groups in total. The summed E-state index contributed by atoms with van der Waals surface area (Å²) in [6.07, 6.45) is 0. The molecule has 0 radical (unpaired) electrons. The van der Waals surface area contributed by atoms with Crippen LogP contribution in [-0.2, 0) is 0 Å². The van der Waals surface area contributed by atoms with Crippen LogP contribution >= 0.6 is 27.7 Å². The lowest BCUT2D eigenvalue weighted by Gasteiger charge is -2.02. The number of hydrogen-bond donors (Lipinski definition) is 0. The van der Waals surface area contributed by atoms with Gasteiger partial charge in [0.15, 0.2) is 0 Å². The molecule has 0 atom stereocenters. The van der Waals surface area contributed by atoms with Gasteiger partial charge in [0.25, 0.3) is 0 Å². The molecule has 0 aliphatic carbocycles. The maximum absolute atomic E-state index is 2.94. The molecule has 0 amide bonds. The predicted molar refractivity (Wildman–Crippen MR) is 66.9 cm³/mol. The Morgan fingerprint density at radius 3 is 2.15 bits per heavy atom. The molecular weight excluding hydrogens is 244 g/mol. The first-order valence-corrected chi connectivity index (χ1v) is 6.92. The van der Waals surface area contributed by atoms with Crippen LogP contribution in [0.3, 0.4) is 0 Å². The highest BCUT2D eigenvalue weighted by Crippen LogP contribution is 2.19. The van der Waals surface area contributed by atoms with Crippen LogP contribution in [-0.4, -0.2) is 11.6 Å². The topological polar surface area (TPSA) is 0 Å². The van der Waals surface area contributed by atoms with Gasteiger partial charge in [0.2, 0.25) is 0 Å². The Morgan fingerprint density at radius 1 is 1.15 bits per heavy atom. The highest BCUT2D eigenvalue weighted by Gasteiger charge is 1.94. The number of rotatable bonds is 3. The smallest absolute Gasteiger partial charge is 0.00720 e. The van der Waals surface area contributed by atoms with E-state index in [0.717, 1.165) is 5.92 Å².